The molecule has 1 amide bonds. The molecule has 0 bridgehead atoms. The predicted octanol–water partition coefficient (Wildman–Crippen LogP) is 2.83. The minimum absolute atomic E-state index is 0.0248. The van der Waals surface area contributed by atoms with Crippen LogP contribution in [0.5, 0.6) is 11.5 Å². The second-order valence-corrected chi connectivity index (χ2v) is 7.62. The summed E-state index contributed by atoms with van der Waals surface area (Å²) in [6, 6.07) is 21.4. The Morgan fingerprint density at radius 3 is 2.31 bits per heavy atom. The van der Waals surface area contributed by atoms with Gasteiger partial charge in [0.2, 0.25) is 0 Å². The first-order chi connectivity index (χ1) is 16.9. The Kier molecular flexibility index (Phi) is 6.68. The van der Waals surface area contributed by atoms with Crippen molar-refractivity contribution in [1.29, 1.82) is 0 Å². The van der Waals surface area contributed by atoms with Crippen LogP contribution in [0.15, 0.2) is 77.6 Å². The van der Waals surface area contributed by atoms with Gasteiger partial charge in [-0.3, -0.25) is 14.4 Å². The van der Waals surface area contributed by atoms with Crippen molar-refractivity contribution in [3.63, 3.8) is 0 Å². The van der Waals surface area contributed by atoms with E-state index >= 15 is 0 Å². The molecule has 0 atom stereocenters. The second-order valence-electron chi connectivity index (χ2n) is 7.62. The summed E-state index contributed by atoms with van der Waals surface area (Å²) in [4.78, 5) is 42.5. The summed E-state index contributed by atoms with van der Waals surface area (Å²) in [6.45, 7) is -0.691. The van der Waals surface area contributed by atoms with Gasteiger partial charge in [0.15, 0.2) is 5.56 Å². The molecule has 0 fully saturated rings. The van der Waals surface area contributed by atoms with Gasteiger partial charge in [-0.15, -0.1) is 4.73 Å². The lowest BCUT2D eigenvalue weighted by Crippen LogP contribution is -2.37. The van der Waals surface area contributed by atoms with Crippen molar-refractivity contribution in [2.45, 2.75) is 6.61 Å². The Morgan fingerprint density at radius 1 is 0.971 bits per heavy atom. The fourth-order valence-corrected chi connectivity index (χ4v) is 3.60. The number of aliphatic carboxylic acids is 1. The van der Waals surface area contributed by atoms with Gasteiger partial charge in [-0.25, -0.2) is 0 Å². The lowest BCUT2D eigenvalue weighted by Gasteiger charge is -2.16. The lowest BCUT2D eigenvalue weighted by atomic mass is 10.0. The molecule has 1 aromatic heterocycles. The molecule has 0 saturated heterocycles. The van der Waals surface area contributed by atoms with Gasteiger partial charge in [0, 0.05) is 5.39 Å². The number of carboxylic acids is 1. The third kappa shape index (κ3) is 4.93. The number of nitrogens with one attached hydrogen (secondary N) is 1. The molecule has 9 nitrogen and oxygen atoms in total. The van der Waals surface area contributed by atoms with Crippen molar-refractivity contribution in [2.75, 3.05) is 13.7 Å². The first-order valence-electron chi connectivity index (χ1n) is 10.6. The van der Waals surface area contributed by atoms with Crippen molar-refractivity contribution in [1.82, 2.24) is 10.0 Å². The summed E-state index contributed by atoms with van der Waals surface area (Å²) in [5, 5.41) is 22.1. The predicted molar refractivity (Wildman–Crippen MR) is 129 cm³/mol. The zero-order chi connectivity index (χ0) is 24.9. The Bertz CT molecular complexity index is 1450. The van der Waals surface area contributed by atoms with Crippen LogP contribution in [0.4, 0.5) is 0 Å². The number of carbonyl (C=O) groups is 2. The van der Waals surface area contributed by atoms with Crippen LogP contribution >= 0.6 is 0 Å². The largest absolute Gasteiger partial charge is 0.506 e. The second kappa shape index (κ2) is 10.0. The van der Waals surface area contributed by atoms with Crippen molar-refractivity contribution < 1.29 is 29.4 Å². The molecule has 178 valence electrons. The van der Waals surface area contributed by atoms with Crippen LogP contribution < -0.4 is 20.5 Å². The van der Waals surface area contributed by atoms with E-state index in [0.29, 0.717) is 11.3 Å². The van der Waals surface area contributed by atoms with Crippen LogP contribution in [0.25, 0.3) is 22.0 Å². The number of rotatable bonds is 8. The fourth-order valence-electron chi connectivity index (χ4n) is 3.60. The number of benzene rings is 3. The summed E-state index contributed by atoms with van der Waals surface area (Å²) >= 11 is 0. The number of aromatic nitrogens is 1. The van der Waals surface area contributed by atoms with E-state index < -0.39 is 35.3 Å². The van der Waals surface area contributed by atoms with E-state index in [4.69, 9.17) is 14.7 Å². The summed E-state index contributed by atoms with van der Waals surface area (Å²) in [6.07, 6.45) is 0. The molecule has 0 spiro atoms. The summed E-state index contributed by atoms with van der Waals surface area (Å²) in [7, 11) is 1.56. The van der Waals surface area contributed by atoms with Gasteiger partial charge < -0.3 is 25.1 Å². The van der Waals surface area contributed by atoms with Gasteiger partial charge in [-0.05, 0) is 41.0 Å². The van der Waals surface area contributed by atoms with Crippen LogP contribution in [-0.2, 0) is 11.4 Å². The minimum Gasteiger partial charge on any atom is -0.506 e. The van der Waals surface area contributed by atoms with E-state index in [2.05, 4.69) is 5.32 Å². The molecular formula is C26H22N2O7. The molecule has 9 heteroatoms. The van der Waals surface area contributed by atoms with Crippen LogP contribution in [0, 0.1) is 0 Å². The molecule has 3 aromatic carbocycles. The quantitative estimate of drug-likeness (QED) is 0.358. The first-order valence-corrected chi connectivity index (χ1v) is 10.6. The Labute approximate surface area is 199 Å². The van der Waals surface area contributed by atoms with Gasteiger partial charge >= 0.3 is 5.97 Å². The van der Waals surface area contributed by atoms with Crippen molar-refractivity contribution in [3.05, 3.63) is 94.3 Å². The van der Waals surface area contributed by atoms with E-state index in [1.807, 2.05) is 42.5 Å². The number of ether oxygens (including phenoxy) is 1. The smallest absolute Gasteiger partial charge is 0.322 e. The Hall–Kier alpha value is -4.79. The van der Waals surface area contributed by atoms with E-state index in [1.54, 1.807) is 37.4 Å². The number of fused-ring (bicyclic) bond motifs is 1. The number of carbonyl (C=O) groups excluding carboxylic acids is 1. The van der Waals surface area contributed by atoms with Gasteiger partial charge in [-0.1, -0.05) is 48.5 Å². The van der Waals surface area contributed by atoms with E-state index in [9.17, 15) is 19.5 Å². The molecular weight excluding hydrogens is 452 g/mol. The molecule has 1 heterocycles. The Balaban J connectivity index is 1.85. The topological polar surface area (TPSA) is 127 Å². The molecule has 35 heavy (non-hydrogen) atoms. The summed E-state index contributed by atoms with van der Waals surface area (Å²) < 4.78 is 6.13. The fraction of sp³-hybridized carbons (Fsp3) is 0.115. The monoisotopic (exact) mass is 474 g/mol. The highest BCUT2D eigenvalue weighted by molar-refractivity contribution is 6.03. The average Bonchev–Trinajstić information content (AvgIpc) is 2.88. The highest BCUT2D eigenvalue weighted by Crippen LogP contribution is 2.31. The first kappa shape index (κ1) is 23.4. The molecule has 0 aliphatic carbocycles. The number of amides is 1. The third-order valence-electron chi connectivity index (χ3n) is 5.36. The normalized spacial score (nSPS) is 10.7. The van der Waals surface area contributed by atoms with Crippen molar-refractivity contribution in [2.24, 2.45) is 0 Å². The van der Waals surface area contributed by atoms with Crippen molar-refractivity contribution >= 4 is 22.8 Å². The zero-order valence-corrected chi connectivity index (χ0v) is 18.7. The number of hydrogen-bond acceptors (Lipinski definition) is 6. The zero-order valence-electron chi connectivity index (χ0n) is 18.7. The SMILES string of the molecule is COc1ccc(-c2ccc3c(c2)c(O)c(C(=O)NCC(=O)O)c(=O)n3OCc2ccccc2)cc1. The molecule has 0 unspecified atom stereocenters. The van der Waals surface area contributed by atoms with Crippen LogP contribution in [-0.4, -0.2) is 40.5 Å². The summed E-state index contributed by atoms with van der Waals surface area (Å²) in [5.41, 5.74) is 1.03. The maximum absolute atomic E-state index is 13.2. The molecule has 0 saturated carbocycles. The van der Waals surface area contributed by atoms with Crippen LogP contribution in [0.2, 0.25) is 0 Å². The van der Waals surface area contributed by atoms with E-state index in [1.165, 1.54) is 0 Å². The van der Waals surface area contributed by atoms with Crippen LogP contribution in [0.1, 0.15) is 15.9 Å². The number of carboxylic acid groups (broad SMARTS) is 1. The number of methoxy groups -OCH3 is 1. The minimum atomic E-state index is -1.29. The molecule has 0 aliphatic rings. The maximum atomic E-state index is 13.2. The maximum Gasteiger partial charge on any atom is 0.322 e. The number of hydrogen-bond donors (Lipinski definition) is 3. The summed E-state index contributed by atoms with van der Waals surface area (Å²) in [5.74, 6) is -2.20. The highest BCUT2D eigenvalue weighted by Gasteiger charge is 2.24. The molecule has 0 aliphatic heterocycles. The molecule has 4 rings (SSSR count). The van der Waals surface area contributed by atoms with Gasteiger partial charge in [-0.2, -0.15) is 0 Å². The average molecular weight is 474 g/mol. The number of pyridine rings is 1. The standard InChI is InChI=1S/C26H22N2O7/c1-34-19-10-7-17(8-11-19)18-9-12-21-20(13-18)24(31)23(25(32)27-14-22(29)30)26(33)28(21)35-15-16-5-3-2-4-6-16/h2-13,31H,14-15H2,1H3,(H,27,32)(H,29,30). The van der Waals surface area contributed by atoms with Gasteiger partial charge in [0.05, 0.1) is 12.6 Å². The van der Waals surface area contributed by atoms with Crippen LogP contribution in [0.3, 0.4) is 0 Å². The van der Waals surface area contributed by atoms with Gasteiger partial charge in [0.25, 0.3) is 11.5 Å². The third-order valence-corrected chi connectivity index (χ3v) is 5.36. The highest BCUT2D eigenvalue weighted by atomic mass is 16.7. The molecule has 4 aromatic rings. The van der Waals surface area contributed by atoms with Crippen molar-refractivity contribution in [3.8, 4) is 22.6 Å². The van der Waals surface area contributed by atoms with E-state index in [0.717, 1.165) is 15.9 Å². The lowest BCUT2D eigenvalue weighted by molar-refractivity contribution is -0.135. The molecule has 3 N–H and O–H groups in total. The molecule has 0 radical (unpaired) electrons. The van der Waals surface area contributed by atoms with Gasteiger partial charge in [0.1, 0.15) is 24.7 Å². The Morgan fingerprint density at radius 2 is 1.66 bits per heavy atom. The van der Waals surface area contributed by atoms with E-state index in [-0.39, 0.29) is 17.5 Å². The number of nitrogens with zero attached hydrogens (tertiary/aromatic N) is 1. The number of aromatic hydroxyl groups is 1.